The normalized spacial score (nSPS) is 11.9. The maximum absolute atomic E-state index is 7.63. The molecule has 0 radical (unpaired) electrons. The van der Waals surface area contributed by atoms with E-state index >= 15 is 0 Å². The maximum atomic E-state index is 7.63. The molecule has 0 unspecified atom stereocenters. The molecule has 0 spiro atoms. The monoisotopic (exact) mass is 199 g/mol. The largest absolute Gasteiger partial charge is 0.480 e. The predicted octanol–water partition coefficient (Wildman–Crippen LogP) is 3.85. The molecule has 0 aliphatic carbocycles. The van der Waals surface area contributed by atoms with Crippen molar-refractivity contribution < 1.29 is 4.74 Å². The minimum absolute atomic E-state index is 0.207. The Morgan fingerprint density at radius 1 is 1.14 bits per heavy atom. The SMILES string of the molecule is CCC(CC)(CC)COC(=N)C(C)C. The second-order valence-corrected chi connectivity index (χ2v) is 4.37. The molecule has 0 saturated carbocycles. The zero-order valence-corrected chi connectivity index (χ0v) is 10.3. The van der Waals surface area contributed by atoms with E-state index in [4.69, 9.17) is 10.1 Å². The van der Waals surface area contributed by atoms with Crippen LogP contribution in [0.25, 0.3) is 0 Å². The zero-order chi connectivity index (χ0) is 11.2. The average Bonchev–Trinajstić information content (AvgIpc) is 2.20. The molecule has 0 fully saturated rings. The molecule has 0 aromatic carbocycles. The van der Waals surface area contributed by atoms with Gasteiger partial charge >= 0.3 is 0 Å². The molecule has 0 rings (SSSR count). The standard InChI is InChI=1S/C12H25NO/c1-6-12(7-2,8-3)9-14-11(13)10(4)5/h10,13H,6-9H2,1-5H3. The third-order valence-electron chi connectivity index (χ3n) is 3.31. The van der Waals surface area contributed by atoms with Crippen LogP contribution < -0.4 is 0 Å². The molecule has 0 heterocycles. The van der Waals surface area contributed by atoms with Crippen LogP contribution in [0.15, 0.2) is 0 Å². The number of ether oxygens (including phenoxy) is 1. The lowest BCUT2D eigenvalue weighted by Gasteiger charge is -2.30. The van der Waals surface area contributed by atoms with Crippen LogP contribution in [0.2, 0.25) is 0 Å². The van der Waals surface area contributed by atoms with E-state index in [1.54, 1.807) is 0 Å². The van der Waals surface area contributed by atoms with Crippen molar-refractivity contribution in [3.05, 3.63) is 0 Å². The summed E-state index contributed by atoms with van der Waals surface area (Å²) in [5.74, 6) is 0.628. The van der Waals surface area contributed by atoms with E-state index in [2.05, 4.69) is 20.8 Å². The number of hydrogen-bond acceptors (Lipinski definition) is 2. The van der Waals surface area contributed by atoms with Gasteiger partial charge in [-0.2, -0.15) is 0 Å². The Kier molecular flexibility index (Phi) is 5.82. The molecule has 0 aliphatic heterocycles. The highest BCUT2D eigenvalue weighted by molar-refractivity contribution is 5.74. The van der Waals surface area contributed by atoms with Gasteiger partial charge in [0.05, 0.1) is 6.61 Å². The summed E-state index contributed by atoms with van der Waals surface area (Å²) in [6.07, 6.45) is 3.39. The second-order valence-electron chi connectivity index (χ2n) is 4.37. The van der Waals surface area contributed by atoms with Crippen LogP contribution in [0.5, 0.6) is 0 Å². The lowest BCUT2D eigenvalue weighted by Crippen LogP contribution is -2.27. The van der Waals surface area contributed by atoms with Crippen LogP contribution in [-0.2, 0) is 4.74 Å². The first-order valence-corrected chi connectivity index (χ1v) is 5.72. The van der Waals surface area contributed by atoms with Crippen molar-refractivity contribution in [2.45, 2.75) is 53.9 Å². The van der Waals surface area contributed by atoms with Gasteiger partial charge in [-0.25, -0.2) is 0 Å². The van der Waals surface area contributed by atoms with Gasteiger partial charge in [0.1, 0.15) is 0 Å². The first-order chi connectivity index (χ1) is 6.51. The van der Waals surface area contributed by atoms with Crippen LogP contribution in [0, 0.1) is 16.7 Å². The highest BCUT2D eigenvalue weighted by Crippen LogP contribution is 2.30. The second kappa shape index (κ2) is 6.05. The van der Waals surface area contributed by atoms with Gasteiger partial charge < -0.3 is 4.74 Å². The Morgan fingerprint density at radius 3 is 1.86 bits per heavy atom. The summed E-state index contributed by atoms with van der Waals surface area (Å²) >= 11 is 0. The average molecular weight is 199 g/mol. The van der Waals surface area contributed by atoms with Gasteiger partial charge in [0, 0.05) is 11.3 Å². The van der Waals surface area contributed by atoms with Crippen LogP contribution in [0.1, 0.15) is 53.9 Å². The van der Waals surface area contributed by atoms with Gasteiger partial charge in [0.15, 0.2) is 5.90 Å². The molecular formula is C12H25NO. The molecule has 0 aromatic heterocycles. The molecule has 0 saturated heterocycles. The summed E-state index contributed by atoms with van der Waals surface area (Å²) < 4.78 is 5.52. The fourth-order valence-corrected chi connectivity index (χ4v) is 1.45. The van der Waals surface area contributed by atoms with Gasteiger partial charge in [0.25, 0.3) is 0 Å². The Hall–Kier alpha value is -0.530. The molecule has 84 valence electrons. The highest BCUT2D eigenvalue weighted by atomic mass is 16.5. The first-order valence-electron chi connectivity index (χ1n) is 5.72. The van der Waals surface area contributed by atoms with Crippen LogP contribution >= 0.6 is 0 Å². The van der Waals surface area contributed by atoms with E-state index < -0.39 is 0 Å². The molecule has 0 aliphatic rings. The first kappa shape index (κ1) is 13.5. The molecular weight excluding hydrogens is 174 g/mol. The van der Waals surface area contributed by atoms with Crippen molar-refractivity contribution in [3.8, 4) is 0 Å². The maximum Gasteiger partial charge on any atom is 0.182 e. The fourth-order valence-electron chi connectivity index (χ4n) is 1.45. The smallest absolute Gasteiger partial charge is 0.182 e. The highest BCUT2D eigenvalue weighted by Gasteiger charge is 2.25. The lowest BCUT2D eigenvalue weighted by atomic mass is 9.81. The van der Waals surface area contributed by atoms with E-state index in [1.165, 1.54) is 0 Å². The zero-order valence-electron chi connectivity index (χ0n) is 10.3. The van der Waals surface area contributed by atoms with Gasteiger partial charge in [-0.1, -0.05) is 34.6 Å². The van der Waals surface area contributed by atoms with Gasteiger partial charge in [-0.05, 0) is 19.3 Å². The molecule has 0 amide bonds. The topological polar surface area (TPSA) is 33.1 Å². The van der Waals surface area contributed by atoms with Crippen molar-refractivity contribution in [1.29, 1.82) is 5.41 Å². The summed E-state index contributed by atoms with van der Waals surface area (Å²) in [4.78, 5) is 0. The van der Waals surface area contributed by atoms with Crippen LogP contribution in [0.3, 0.4) is 0 Å². The Bertz CT molecular complexity index is 163. The Morgan fingerprint density at radius 2 is 1.57 bits per heavy atom. The van der Waals surface area contributed by atoms with Crippen molar-refractivity contribution in [2.75, 3.05) is 6.61 Å². The van der Waals surface area contributed by atoms with Gasteiger partial charge in [-0.15, -0.1) is 0 Å². The van der Waals surface area contributed by atoms with Crippen LogP contribution in [-0.4, -0.2) is 12.5 Å². The molecule has 2 heteroatoms. The quantitative estimate of drug-likeness (QED) is 0.511. The minimum Gasteiger partial charge on any atom is -0.480 e. The molecule has 0 bridgehead atoms. The molecule has 2 nitrogen and oxygen atoms in total. The molecule has 14 heavy (non-hydrogen) atoms. The Balaban J connectivity index is 4.12. The number of nitrogens with one attached hydrogen (secondary N) is 1. The van der Waals surface area contributed by atoms with E-state index in [1.807, 2.05) is 13.8 Å². The van der Waals surface area contributed by atoms with Crippen molar-refractivity contribution in [2.24, 2.45) is 11.3 Å². The molecule has 0 atom stereocenters. The van der Waals surface area contributed by atoms with E-state index in [-0.39, 0.29) is 11.3 Å². The number of hydrogen-bond donors (Lipinski definition) is 1. The molecule has 1 N–H and O–H groups in total. The van der Waals surface area contributed by atoms with Crippen LogP contribution in [0.4, 0.5) is 0 Å². The van der Waals surface area contributed by atoms with E-state index in [0.29, 0.717) is 12.5 Å². The van der Waals surface area contributed by atoms with Gasteiger partial charge in [0.2, 0.25) is 0 Å². The van der Waals surface area contributed by atoms with Crippen molar-refractivity contribution in [1.82, 2.24) is 0 Å². The van der Waals surface area contributed by atoms with E-state index in [9.17, 15) is 0 Å². The summed E-state index contributed by atoms with van der Waals surface area (Å²) in [6, 6.07) is 0. The summed E-state index contributed by atoms with van der Waals surface area (Å²) in [7, 11) is 0. The summed E-state index contributed by atoms with van der Waals surface area (Å²) in [5, 5.41) is 7.63. The number of rotatable bonds is 6. The minimum atomic E-state index is 0.207. The third-order valence-corrected chi connectivity index (χ3v) is 3.31. The van der Waals surface area contributed by atoms with Crippen molar-refractivity contribution >= 4 is 5.90 Å². The summed E-state index contributed by atoms with van der Waals surface area (Å²) in [5.41, 5.74) is 0.279. The Labute approximate surface area is 88.6 Å². The predicted molar refractivity (Wildman–Crippen MR) is 61.8 cm³/mol. The van der Waals surface area contributed by atoms with Crippen molar-refractivity contribution in [3.63, 3.8) is 0 Å². The van der Waals surface area contributed by atoms with Gasteiger partial charge in [-0.3, -0.25) is 5.41 Å². The van der Waals surface area contributed by atoms with E-state index in [0.717, 1.165) is 19.3 Å². The summed E-state index contributed by atoms with van der Waals surface area (Å²) in [6.45, 7) is 11.3. The lowest BCUT2D eigenvalue weighted by molar-refractivity contribution is 0.113. The fraction of sp³-hybridized carbons (Fsp3) is 0.917. The third kappa shape index (κ3) is 3.69. The molecule has 0 aromatic rings.